The summed E-state index contributed by atoms with van der Waals surface area (Å²) in [7, 11) is 0. The van der Waals surface area contributed by atoms with Gasteiger partial charge in [-0.1, -0.05) is 0 Å². The standard InChI is InChI=1S/Bi.In.H3P.Zn.Zr.6H/h;;1H3;;;;;;;;. The number of rotatable bonds is 0. The van der Waals surface area contributed by atoms with Crippen molar-refractivity contribution in [3.05, 3.63) is 0 Å². The quantitative estimate of drug-likeness (QED) is 0.249. The first-order valence-electron chi connectivity index (χ1n) is 0. The maximum absolute atomic E-state index is 0. The molecule has 5 heteroatoms. The third-order valence-electron chi connectivity index (χ3n) is 0. The number of hydrogen-bond acceptors (Lipinski definition) is 0. The van der Waals surface area contributed by atoms with Crippen molar-refractivity contribution in [3.63, 3.8) is 0 Å². The first-order chi connectivity index (χ1) is 0. The molecule has 0 heterocycles. The van der Waals surface area contributed by atoms with Crippen molar-refractivity contribution >= 4 is 61.9 Å². The topological polar surface area (TPSA) is 0 Å². The Labute approximate surface area is 105 Å². The van der Waals surface area contributed by atoms with E-state index in [0.29, 0.717) is 0 Å². The van der Waals surface area contributed by atoms with Crippen molar-refractivity contribution in [2.45, 2.75) is 0 Å². The van der Waals surface area contributed by atoms with Crippen molar-refractivity contribution in [3.8, 4) is 0 Å². The van der Waals surface area contributed by atoms with Gasteiger partial charge in [0.1, 0.15) is 0 Å². The van der Waals surface area contributed by atoms with E-state index in [0.717, 1.165) is 0 Å². The zero-order chi connectivity index (χ0) is 0. The minimum Gasteiger partial charge on any atom is 0 e. The van der Waals surface area contributed by atoms with Crippen LogP contribution in [-0.4, -0.2) is 52.0 Å². The molecule has 0 radical (unpaired) electrons. The van der Waals surface area contributed by atoms with Gasteiger partial charge in [0.15, 0.2) is 0 Å². The molecule has 1 unspecified atom stereocenters. The summed E-state index contributed by atoms with van der Waals surface area (Å²) in [4.78, 5) is 0. The Morgan fingerprint density at radius 1 is 1.00 bits per heavy atom. The van der Waals surface area contributed by atoms with Crippen LogP contribution in [-0.2, 0) is 45.7 Å². The van der Waals surface area contributed by atoms with Crippen molar-refractivity contribution in [1.82, 2.24) is 0 Å². The minimum atomic E-state index is 0. The van der Waals surface area contributed by atoms with E-state index < -0.39 is 0 Å². The second-order valence-corrected chi connectivity index (χ2v) is 0. The molecular weight excluding hydrogens is 511 g/mol. The summed E-state index contributed by atoms with van der Waals surface area (Å²) in [5.74, 6) is 0. The van der Waals surface area contributed by atoms with Crippen LogP contribution in [0.4, 0.5) is 0 Å². The van der Waals surface area contributed by atoms with Crippen LogP contribution in [0, 0.1) is 0 Å². The Morgan fingerprint density at radius 2 is 1.00 bits per heavy atom. The molecule has 0 saturated heterocycles. The first kappa shape index (κ1) is 37.7. The monoisotopic (exact) mass is 518 g/mol. The molecule has 0 bridgehead atoms. The van der Waals surface area contributed by atoms with Crippen LogP contribution in [0.1, 0.15) is 0 Å². The zero-order valence-electron chi connectivity index (χ0n) is 2.62. The molecule has 0 saturated carbocycles. The largest absolute Gasteiger partial charge is 0 e. The minimum absolute atomic E-state index is 0. The van der Waals surface area contributed by atoms with E-state index in [9.17, 15) is 0 Å². The van der Waals surface area contributed by atoms with Crippen molar-refractivity contribution in [2.24, 2.45) is 0 Å². The van der Waals surface area contributed by atoms with E-state index in [1.165, 1.54) is 0 Å². The Balaban J connectivity index is 0. The maximum atomic E-state index is 0. The van der Waals surface area contributed by atoms with Crippen molar-refractivity contribution in [2.75, 3.05) is 0 Å². The molecule has 0 fully saturated rings. The fraction of sp³-hybridized carbons (Fsp3) is 0. The molecule has 0 aromatic rings. The molecule has 0 rings (SSSR count). The van der Waals surface area contributed by atoms with Crippen LogP contribution in [0.15, 0.2) is 0 Å². The van der Waals surface area contributed by atoms with Gasteiger partial charge in [-0.2, -0.15) is 9.90 Å². The smallest absolute Gasteiger partial charge is 0 e. The van der Waals surface area contributed by atoms with E-state index in [2.05, 4.69) is 0 Å². The van der Waals surface area contributed by atoms with Gasteiger partial charge in [0, 0.05) is 45.7 Å². The number of hydrogen-bond donors (Lipinski definition) is 0. The van der Waals surface area contributed by atoms with Gasteiger partial charge in [-0.05, 0) is 0 Å². The van der Waals surface area contributed by atoms with Gasteiger partial charge in [0.25, 0.3) is 0 Å². The molecule has 0 aliphatic carbocycles. The molecule has 0 N–H and O–H groups in total. The summed E-state index contributed by atoms with van der Waals surface area (Å²) < 4.78 is 0. The van der Waals surface area contributed by atoms with Gasteiger partial charge in [0.05, 0.1) is 0 Å². The predicted molar refractivity (Wildman–Crippen MR) is 31.0 cm³/mol. The van der Waals surface area contributed by atoms with Gasteiger partial charge in [-0.3, -0.25) is 0 Å². The Kier molecular flexibility index (Phi) is 191. The molecule has 5 heavy (non-hydrogen) atoms. The predicted octanol–water partition coefficient (Wildman–Crippen LogP) is -2.31. The molecule has 0 aromatic carbocycles. The van der Waals surface area contributed by atoms with E-state index in [1.807, 2.05) is 0 Å². The van der Waals surface area contributed by atoms with E-state index >= 15 is 0 Å². The Hall–Kier alpha value is 3.69. The van der Waals surface area contributed by atoms with Gasteiger partial charge < -0.3 is 0 Å². The maximum Gasteiger partial charge on any atom is 0 e. The van der Waals surface area contributed by atoms with Gasteiger partial charge >= 0.3 is 52.0 Å². The summed E-state index contributed by atoms with van der Waals surface area (Å²) in [6.07, 6.45) is 0. The molecular formula is H9BiInPZnZr. The van der Waals surface area contributed by atoms with Crippen LogP contribution in [0.3, 0.4) is 0 Å². The fourth-order valence-electron chi connectivity index (χ4n) is 0. The third-order valence-corrected chi connectivity index (χ3v) is 0. The van der Waals surface area contributed by atoms with Crippen LogP contribution >= 0.6 is 9.90 Å². The SMILES string of the molecule is P.[BiH3].[InH3].[Zn].[Zr]. The molecule has 0 spiro atoms. The molecule has 0 aliphatic heterocycles. The van der Waals surface area contributed by atoms with Crippen LogP contribution in [0.5, 0.6) is 0 Å². The second kappa shape index (κ2) is 25.3. The zero-order valence-corrected chi connectivity index (χ0v) is 15.0. The molecule has 0 aromatic heterocycles. The molecule has 28 valence electrons. The second-order valence-electron chi connectivity index (χ2n) is 0. The normalized spacial score (nSPS) is 0. The average molecular weight is 520 g/mol. The van der Waals surface area contributed by atoms with Gasteiger partial charge in [-0.15, -0.1) is 0 Å². The van der Waals surface area contributed by atoms with E-state index in [1.54, 1.807) is 0 Å². The Morgan fingerprint density at radius 3 is 1.00 bits per heavy atom. The summed E-state index contributed by atoms with van der Waals surface area (Å²) in [6.45, 7) is 0. The summed E-state index contributed by atoms with van der Waals surface area (Å²) in [5, 5.41) is 0. The third kappa shape index (κ3) is 18.3. The van der Waals surface area contributed by atoms with Crippen molar-refractivity contribution in [1.29, 1.82) is 0 Å². The summed E-state index contributed by atoms with van der Waals surface area (Å²) in [6, 6.07) is 0. The molecule has 0 nitrogen and oxygen atoms in total. The van der Waals surface area contributed by atoms with Gasteiger partial charge in [-0.25, -0.2) is 0 Å². The fourth-order valence-corrected chi connectivity index (χ4v) is 0. The molecule has 0 amide bonds. The van der Waals surface area contributed by atoms with Gasteiger partial charge in [0.2, 0.25) is 0 Å². The van der Waals surface area contributed by atoms with E-state index in [4.69, 9.17) is 0 Å². The average Bonchev–Trinajstić information content (AvgIpc) is 0. The Bertz CT molecular complexity index is 11.6. The van der Waals surface area contributed by atoms with Crippen LogP contribution in [0.25, 0.3) is 0 Å². The van der Waals surface area contributed by atoms with Crippen LogP contribution < -0.4 is 0 Å². The summed E-state index contributed by atoms with van der Waals surface area (Å²) >= 11 is 0. The van der Waals surface area contributed by atoms with E-state index in [-0.39, 0.29) is 108 Å². The van der Waals surface area contributed by atoms with Crippen LogP contribution in [0.2, 0.25) is 0 Å². The summed E-state index contributed by atoms with van der Waals surface area (Å²) in [5.41, 5.74) is 0. The molecule has 0 aliphatic rings. The van der Waals surface area contributed by atoms with Crippen molar-refractivity contribution < 1.29 is 45.7 Å². The first-order valence-corrected chi connectivity index (χ1v) is 0. The molecule has 1 atom stereocenters.